The van der Waals surface area contributed by atoms with Crippen LogP contribution in [-0.2, 0) is 0 Å². The van der Waals surface area contributed by atoms with E-state index in [9.17, 15) is 4.79 Å². The molecular formula is C24H26ClN3O2. The molecule has 0 bridgehead atoms. The van der Waals surface area contributed by atoms with E-state index in [4.69, 9.17) is 21.3 Å². The van der Waals surface area contributed by atoms with Gasteiger partial charge in [0.25, 0.3) is 5.56 Å². The molecule has 0 atom stereocenters. The predicted octanol–water partition coefficient (Wildman–Crippen LogP) is 5.77. The molecule has 0 amide bonds. The second-order valence-electron chi connectivity index (χ2n) is 8.03. The molecule has 0 spiro atoms. The summed E-state index contributed by atoms with van der Waals surface area (Å²) in [6, 6.07) is 12.9. The lowest BCUT2D eigenvalue weighted by molar-refractivity contribution is 0.242. The molecule has 1 aliphatic carbocycles. The number of benzene rings is 2. The molecule has 3 aromatic rings. The smallest absolute Gasteiger partial charge is 0.282 e. The van der Waals surface area contributed by atoms with Crippen LogP contribution in [0, 0.1) is 0 Å². The van der Waals surface area contributed by atoms with E-state index >= 15 is 0 Å². The van der Waals surface area contributed by atoms with Crippen molar-refractivity contribution in [3.05, 3.63) is 69.2 Å². The number of hydrogen-bond donors (Lipinski definition) is 0. The number of aromatic nitrogens is 2. The number of halogens is 1. The summed E-state index contributed by atoms with van der Waals surface area (Å²) < 4.78 is 7.35. The van der Waals surface area contributed by atoms with Crippen LogP contribution < -0.4 is 10.3 Å². The number of rotatable bonds is 5. The molecule has 1 heterocycles. The van der Waals surface area contributed by atoms with Crippen molar-refractivity contribution in [1.29, 1.82) is 0 Å². The fourth-order valence-electron chi connectivity index (χ4n) is 3.98. The standard InChI is InChI=1S/C24H26ClN3O2/c1-16(2)30-22-13-12-19(25)14-18(22)15-26-28-23(17-8-4-3-5-9-17)27-21-11-7-6-10-20(21)24(28)29/h6-7,10-17H,3-5,8-9H2,1-2H3. The number of nitrogens with zero attached hydrogens (tertiary/aromatic N) is 3. The summed E-state index contributed by atoms with van der Waals surface area (Å²) in [7, 11) is 0. The number of ether oxygens (including phenoxy) is 1. The normalized spacial score (nSPS) is 15.3. The molecule has 0 saturated heterocycles. The summed E-state index contributed by atoms with van der Waals surface area (Å²) in [6.45, 7) is 3.93. The first-order chi connectivity index (χ1) is 14.5. The molecule has 0 unspecified atom stereocenters. The van der Waals surface area contributed by atoms with Crippen molar-refractivity contribution in [3.8, 4) is 5.75 Å². The van der Waals surface area contributed by atoms with Crippen molar-refractivity contribution in [2.24, 2.45) is 5.10 Å². The van der Waals surface area contributed by atoms with Gasteiger partial charge in [-0.25, -0.2) is 4.98 Å². The van der Waals surface area contributed by atoms with Crippen molar-refractivity contribution in [2.45, 2.75) is 58.0 Å². The highest BCUT2D eigenvalue weighted by Crippen LogP contribution is 2.32. The van der Waals surface area contributed by atoms with Crippen LogP contribution in [0.15, 0.2) is 52.4 Å². The number of fused-ring (bicyclic) bond motifs is 1. The van der Waals surface area contributed by atoms with Crippen LogP contribution in [0.25, 0.3) is 10.9 Å². The van der Waals surface area contributed by atoms with Gasteiger partial charge in [0.1, 0.15) is 11.6 Å². The van der Waals surface area contributed by atoms with Crippen molar-refractivity contribution in [1.82, 2.24) is 9.66 Å². The molecular weight excluding hydrogens is 398 g/mol. The Hall–Kier alpha value is -2.66. The van der Waals surface area contributed by atoms with Crippen LogP contribution >= 0.6 is 11.6 Å². The molecule has 5 nitrogen and oxygen atoms in total. The Balaban J connectivity index is 1.83. The van der Waals surface area contributed by atoms with E-state index in [1.54, 1.807) is 24.4 Å². The zero-order valence-corrected chi connectivity index (χ0v) is 18.1. The van der Waals surface area contributed by atoms with E-state index in [0.29, 0.717) is 16.2 Å². The van der Waals surface area contributed by atoms with E-state index in [1.165, 1.54) is 11.1 Å². The van der Waals surface area contributed by atoms with E-state index in [1.807, 2.05) is 38.1 Å². The molecule has 1 aromatic heterocycles. The lowest BCUT2D eigenvalue weighted by atomic mass is 9.88. The van der Waals surface area contributed by atoms with Gasteiger partial charge in [-0.3, -0.25) is 4.79 Å². The predicted molar refractivity (Wildman–Crippen MR) is 122 cm³/mol. The molecule has 6 heteroatoms. The van der Waals surface area contributed by atoms with Gasteiger partial charge in [-0.1, -0.05) is 43.0 Å². The fourth-order valence-corrected chi connectivity index (χ4v) is 4.16. The zero-order valence-electron chi connectivity index (χ0n) is 17.3. The van der Waals surface area contributed by atoms with Crippen molar-refractivity contribution >= 4 is 28.7 Å². The fraction of sp³-hybridized carbons (Fsp3) is 0.375. The quantitative estimate of drug-likeness (QED) is 0.489. The Bertz CT molecular complexity index is 1130. The third-order valence-corrected chi connectivity index (χ3v) is 5.63. The summed E-state index contributed by atoms with van der Waals surface area (Å²) in [5.74, 6) is 1.65. The number of para-hydroxylation sites is 1. The molecule has 0 N–H and O–H groups in total. The van der Waals surface area contributed by atoms with Gasteiger partial charge in [-0.05, 0) is 57.0 Å². The molecule has 30 heavy (non-hydrogen) atoms. The van der Waals surface area contributed by atoms with E-state index in [0.717, 1.165) is 42.6 Å². The Morgan fingerprint density at radius 3 is 2.70 bits per heavy atom. The molecule has 0 aliphatic heterocycles. The first-order valence-corrected chi connectivity index (χ1v) is 10.9. The molecule has 156 valence electrons. The van der Waals surface area contributed by atoms with Gasteiger partial charge < -0.3 is 4.74 Å². The van der Waals surface area contributed by atoms with Crippen LogP contribution in [0.2, 0.25) is 5.02 Å². The van der Waals surface area contributed by atoms with Gasteiger partial charge in [-0.15, -0.1) is 0 Å². The van der Waals surface area contributed by atoms with Gasteiger partial charge in [-0.2, -0.15) is 9.78 Å². The Morgan fingerprint density at radius 2 is 1.93 bits per heavy atom. The topological polar surface area (TPSA) is 56.5 Å². The highest BCUT2D eigenvalue weighted by molar-refractivity contribution is 6.30. The first-order valence-electron chi connectivity index (χ1n) is 10.5. The lowest BCUT2D eigenvalue weighted by Crippen LogP contribution is -2.25. The summed E-state index contributed by atoms with van der Waals surface area (Å²) >= 11 is 6.20. The van der Waals surface area contributed by atoms with Gasteiger partial charge in [0.05, 0.1) is 23.2 Å². The first kappa shape index (κ1) is 20.6. The average molecular weight is 424 g/mol. The second-order valence-corrected chi connectivity index (χ2v) is 8.47. The van der Waals surface area contributed by atoms with Crippen molar-refractivity contribution in [2.75, 3.05) is 0 Å². The summed E-state index contributed by atoms with van der Waals surface area (Å²) in [5, 5.41) is 5.74. The van der Waals surface area contributed by atoms with E-state index in [-0.39, 0.29) is 17.6 Å². The van der Waals surface area contributed by atoms with Crippen LogP contribution in [0.1, 0.15) is 63.3 Å². The SMILES string of the molecule is CC(C)Oc1ccc(Cl)cc1C=Nn1c(C2CCCCC2)nc2ccccc2c1=O. The summed E-state index contributed by atoms with van der Waals surface area (Å²) in [4.78, 5) is 18.1. The highest BCUT2D eigenvalue weighted by atomic mass is 35.5. The Labute approximate surface area is 181 Å². The van der Waals surface area contributed by atoms with Gasteiger partial charge in [0, 0.05) is 16.5 Å². The lowest BCUT2D eigenvalue weighted by Gasteiger charge is -2.22. The molecule has 1 aliphatic rings. The Morgan fingerprint density at radius 1 is 1.17 bits per heavy atom. The Kier molecular flexibility index (Phi) is 6.18. The minimum absolute atomic E-state index is 0.0150. The largest absolute Gasteiger partial charge is 0.490 e. The zero-order chi connectivity index (χ0) is 21.1. The van der Waals surface area contributed by atoms with Gasteiger partial charge in [0.2, 0.25) is 0 Å². The molecule has 1 fully saturated rings. The summed E-state index contributed by atoms with van der Waals surface area (Å²) in [5.41, 5.74) is 1.30. The molecule has 1 saturated carbocycles. The van der Waals surface area contributed by atoms with Crippen molar-refractivity contribution in [3.63, 3.8) is 0 Å². The van der Waals surface area contributed by atoms with Gasteiger partial charge in [0.15, 0.2) is 0 Å². The molecule has 0 radical (unpaired) electrons. The maximum absolute atomic E-state index is 13.3. The monoisotopic (exact) mass is 423 g/mol. The van der Waals surface area contributed by atoms with Gasteiger partial charge >= 0.3 is 0 Å². The maximum Gasteiger partial charge on any atom is 0.282 e. The van der Waals surface area contributed by atoms with Crippen LogP contribution in [0.5, 0.6) is 5.75 Å². The van der Waals surface area contributed by atoms with E-state index < -0.39 is 0 Å². The summed E-state index contributed by atoms with van der Waals surface area (Å²) in [6.07, 6.45) is 7.25. The maximum atomic E-state index is 13.3. The highest BCUT2D eigenvalue weighted by Gasteiger charge is 2.22. The van der Waals surface area contributed by atoms with Crippen LogP contribution in [0.3, 0.4) is 0 Å². The second kappa shape index (κ2) is 9.00. The van der Waals surface area contributed by atoms with Crippen LogP contribution in [0.4, 0.5) is 0 Å². The number of hydrogen-bond acceptors (Lipinski definition) is 4. The van der Waals surface area contributed by atoms with Crippen molar-refractivity contribution < 1.29 is 4.74 Å². The minimum Gasteiger partial charge on any atom is -0.490 e. The van der Waals surface area contributed by atoms with Crippen LogP contribution in [-0.4, -0.2) is 22.0 Å². The minimum atomic E-state index is -0.147. The molecule has 4 rings (SSSR count). The molecule has 2 aromatic carbocycles. The third kappa shape index (κ3) is 4.41. The van der Waals surface area contributed by atoms with E-state index in [2.05, 4.69) is 5.10 Å². The average Bonchev–Trinajstić information content (AvgIpc) is 2.75. The third-order valence-electron chi connectivity index (χ3n) is 5.40.